The molecule has 44 heavy (non-hydrogen) atoms. The zero-order valence-electron chi connectivity index (χ0n) is 25.1. The smallest absolute Gasteiger partial charge is 0.249 e. The zero-order valence-corrected chi connectivity index (χ0v) is 25.1. The molecule has 0 radical (unpaired) electrons. The van der Waals surface area contributed by atoms with Gasteiger partial charge in [0.25, 0.3) is 0 Å². The predicted octanol–water partition coefficient (Wildman–Crippen LogP) is 3.73. The first-order valence-electron chi connectivity index (χ1n) is 14.2. The molecule has 2 unspecified atom stereocenters. The van der Waals surface area contributed by atoms with Gasteiger partial charge in [-0.3, -0.25) is 19.3 Å². The molecule has 1 aromatic heterocycles. The molecule has 5 rings (SSSR count). The van der Waals surface area contributed by atoms with Crippen molar-refractivity contribution in [3.05, 3.63) is 71.8 Å². The fourth-order valence-electron chi connectivity index (χ4n) is 5.33. The molecule has 2 heterocycles. The zero-order chi connectivity index (χ0) is 31.2. The summed E-state index contributed by atoms with van der Waals surface area (Å²) in [5, 5.41) is 11.4. The third-order valence-electron chi connectivity index (χ3n) is 7.56. The van der Waals surface area contributed by atoms with Crippen LogP contribution in [0, 0.1) is 0 Å². The van der Waals surface area contributed by atoms with Gasteiger partial charge in [-0.2, -0.15) is 0 Å². The van der Waals surface area contributed by atoms with E-state index in [2.05, 4.69) is 15.6 Å². The topological polar surface area (TPSA) is 134 Å². The van der Waals surface area contributed by atoms with Crippen molar-refractivity contribution in [3.8, 4) is 17.2 Å². The van der Waals surface area contributed by atoms with Crippen molar-refractivity contribution in [3.63, 3.8) is 0 Å². The van der Waals surface area contributed by atoms with E-state index in [0.717, 1.165) is 12.8 Å². The molecule has 12 heteroatoms. The quantitative estimate of drug-likeness (QED) is 0.241. The maximum Gasteiger partial charge on any atom is 0.249 e. The van der Waals surface area contributed by atoms with Gasteiger partial charge in [-0.05, 0) is 73.9 Å². The fraction of sp³-hybridized carbons (Fsp3) is 0.344. The van der Waals surface area contributed by atoms with E-state index < -0.39 is 17.9 Å². The first kappa shape index (κ1) is 30.5. The highest BCUT2D eigenvalue weighted by Gasteiger charge is 2.35. The molecule has 230 valence electrons. The minimum absolute atomic E-state index is 0.125. The number of Topliss-reactive ketones (excluding diaryl/α,β-unsaturated/α-hetero) is 1. The Labute approximate surface area is 254 Å². The molecule has 1 saturated heterocycles. The Kier molecular flexibility index (Phi) is 9.39. The van der Waals surface area contributed by atoms with Crippen LogP contribution in [0.4, 0.5) is 5.69 Å². The van der Waals surface area contributed by atoms with Crippen LogP contribution in [-0.4, -0.2) is 73.2 Å². The highest BCUT2D eigenvalue weighted by Crippen LogP contribution is 2.41. The number of benzene rings is 3. The van der Waals surface area contributed by atoms with E-state index in [4.69, 9.17) is 18.9 Å². The Morgan fingerprint density at radius 1 is 1.02 bits per heavy atom. The summed E-state index contributed by atoms with van der Waals surface area (Å²) in [6.07, 6.45) is 1.61. The Morgan fingerprint density at radius 3 is 2.34 bits per heavy atom. The van der Waals surface area contributed by atoms with Gasteiger partial charge < -0.3 is 24.3 Å². The lowest BCUT2D eigenvalue weighted by Gasteiger charge is -2.32. The third kappa shape index (κ3) is 6.35. The number of nitrogens with zero attached hydrogens (tertiary/aromatic N) is 4. The van der Waals surface area contributed by atoms with Crippen LogP contribution >= 0.6 is 0 Å². The number of nitrogens with one attached hydrogen (secondary N) is 1. The number of carbonyl (C=O) groups is 3. The second-order valence-corrected chi connectivity index (χ2v) is 10.3. The summed E-state index contributed by atoms with van der Waals surface area (Å²) in [7, 11) is 4.44. The SMILES string of the molecule is COc1cc(C(C(=O)NCC2CCCO2)N(C(=O)Cn2nnc3ccccc32)c2ccc(C(C)=O)cc2)cc(OC)c1OC. The summed E-state index contributed by atoms with van der Waals surface area (Å²) in [4.78, 5) is 42.0. The molecule has 1 aliphatic heterocycles. The number of hydrogen-bond acceptors (Lipinski definition) is 9. The van der Waals surface area contributed by atoms with Gasteiger partial charge in [0.2, 0.25) is 17.6 Å². The van der Waals surface area contributed by atoms with Gasteiger partial charge in [-0.25, -0.2) is 4.68 Å². The predicted molar refractivity (Wildman–Crippen MR) is 162 cm³/mol. The molecular weight excluding hydrogens is 566 g/mol. The van der Waals surface area contributed by atoms with E-state index in [1.807, 2.05) is 18.2 Å². The van der Waals surface area contributed by atoms with Crippen molar-refractivity contribution in [2.45, 2.75) is 38.5 Å². The first-order valence-corrected chi connectivity index (χ1v) is 14.2. The van der Waals surface area contributed by atoms with E-state index in [9.17, 15) is 14.4 Å². The van der Waals surface area contributed by atoms with Gasteiger partial charge in [0.1, 0.15) is 18.1 Å². The van der Waals surface area contributed by atoms with Crippen LogP contribution in [0.2, 0.25) is 0 Å². The minimum Gasteiger partial charge on any atom is -0.493 e. The van der Waals surface area contributed by atoms with E-state index >= 15 is 0 Å². The summed E-state index contributed by atoms with van der Waals surface area (Å²) in [5.74, 6) is -0.0285. The van der Waals surface area contributed by atoms with Crippen LogP contribution in [0.1, 0.15) is 41.7 Å². The molecule has 2 atom stereocenters. The Balaban J connectivity index is 1.63. The largest absolute Gasteiger partial charge is 0.493 e. The summed E-state index contributed by atoms with van der Waals surface area (Å²) in [5.41, 5.74) is 2.58. The van der Waals surface area contributed by atoms with Crippen molar-refractivity contribution in [1.82, 2.24) is 20.3 Å². The van der Waals surface area contributed by atoms with Crippen LogP contribution in [0.15, 0.2) is 60.7 Å². The molecule has 0 spiro atoms. The normalized spacial score (nSPS) is 15.0. The van der Waals surface area contributed by atoms with E-state index in [1.165, 1.54) is 37.8 Å². The van der Waals surface area contributed by atoms with Crippen molar-refractivity contribution >= 4 is 34.3 Å². The number of aromatic nitrogens is 3. The number of hydrogen-bond donors (Lipinski definition) is 1. The Hall–Kier alpha value is -4.97. The first-order chi connectivity index (χ1) is 21.3. The Bertz CT molecular complexity index is 1620. The number of anilines is 1. The maximum atomic E-state index is 14.4. The number of fused-ring (bicyclic) bond motifs is 1. The number of carbonyl (C=O) groups excluding carboxylic acids is 3. The summed E-state index contributed by atoms with van der Waals surface area (Å²) in [6.45, 7) is 2.16. The number of amides is 2. The standard InChI is InChI=1S/C32H35N5O7/c1-20(38)21-11-13-23(14-12-21)37(29(39)19-36-26-10-6-5-9-25(26)34-35-36)30(32(40)33-18-24-8-7-15-44-24)22-16-27(41-2)31(43-4)28(17-22)42-3/h5-6,9-14,16-17,24,30H,7-8,15,18-19H2,1-4H3,(H,33,40). The molecule has 12 nitrogen and oxygen atoms in total. The number of para-hydroxylation sites is 1. The molecule has 2 amide bonds. The molecule has 0 saturated carbocycles. The molecule has 1 fully saturated rings. The second-order valence-electron chi connectivity index (χ2n) is 10.3. The molecule has 3 aromatic carbocycles. The molecule has 0 aliphatic carbocycles. The van der Waals surface area contributed by atoms with Crippen molar-refractivity contribution in [2.75, 3.05) is 39.4 Å². The summed E-state index contributed by atoms with van der Waals surface area (Å²) in [6, 6.07) is 15.9. The van der Waals surface area contributed by atoms with Crippen molar-refractivity contribution in [2.24, 2.45) is 0 Å². The van der Waals surface area contributed by atoms with Crippen LogP contribution in [0.5, 0.6) is 17.2 Å². The van der Waals surface area contributed by atoms with Crippen molar-refractivity contribution < 1.29 is 33.3 Å². The van der Waals surface area contributed by atoms with Crippen LogP contribution in [0.25, 0.3) is 11.0 Å². The minimum atomic E-state index is -1.18. The van der Waals surface area contributed by atoms with Gasteiger partial charge in [0, 0.05) is 24.4 Å². The number of rotatable bonds is 12. The lowest BCUT2D eigenvalue weighted by Crippen LogP contribution is -2.46. The van der Waals surface area contributed by atoms with Crippen molar-refractivity contribution in [1.29, 1.82) is 0 Å². The van der Waals surface area contributed by atoms with Crippen LogP contribution < -0.4 is 24.4 Å². The van der Waals surface area contributed by atoms with Crippen LogP contribution in [-0.2, 0) is 20.9 Å². The summed E-state index contributed by atoms with van der Waals surface area (Å²) < 4.78 is 23.9. The summed E-state index contributed by atoms with van der Waals surface area (Å²) >= 11 is 0. The molecule has 4 aromatic rings. The van der Waals surface area contributed by atoms with Crippen LogP contribution in [0.3, 0.4) is 0 Å². The highest BCUT2D eigenvalue weighted by atomic mass is 16.5. The second kappa shape index (κ2) is 13.6. The number of ether oxygens (including phenoxy) is 4. The monoisotopic (exact) mass is 601 g/mol. The van der Waals surface area contributed by atoms with Gasteiger partial charge in [0.15, 0.2) is 17.3 Å². The highest BCUT2D eigenvalue weighted by molar-refractivity contribution is 6.02. The fourth-order valence-corrected chi connectivity index (χ4v) is 5.33. The molecular formula is C32H35N5O7. The third-order valence-corrected chi connectivity index (χ3v) is 7.56. The van der Waals surface area contributed by atoms with Gasteiger partial charge in [-0.1, -0.05) is 17.3 Å². The van der Waals surface area contributed by atoms with E-state index in [0.29, 0.717) is 51.7 Å². The number of ketones is 1. The van der Waals surface area contributed by atoms with E-state index in [-0.39, 0.29) is 25.0 Å². The van der Waals surface area contributed by atoms with Gasteiger partial charge in [-0.15, -0.1) is 5.10 Å². The molecule has 1 aliphatic rings. The lowest BCUT2D eigenvalue weighted by atomic mass is 10.0. The maximum absolute atomic E-state index is 14.4. The average Bonchev–Trinajstić information content (AvgIpc) is 3.72. The average molecular weight is 602 g/mol. The van der Waals surface area contributed by atoms with E-state index in [1.54, 1.807) is 42.5 Å². The lowest BCUT2D eigenvalue weighted by molar-refractivity contribution is -0.127. The Morgan fingerprint density at radius 2 is 1.73 bits per heavy atom. The molecule has 1 N–H and O–H groups in total. The number of methoxy groups -OCH3 is 3. The molecule has 0 bridgehead atoms. The van der Waals surface area contributed by atoms with Gasteiger partial charge in [0.05, 0.1) is 33.0 Å². The van der Waals surface area contributed by atoms with Gasteiger partial charge >= 0.3 is 0 Å².